The normalized spacial score (nSPS) is 11.8. The van der Waals surface area contributed by atoms with Gasteiger partial charge in [-0.25, -0.2) is 0 Å². The molecule has 0 amide bonds. The van der Waals surface area contributed by atoms with Crippen molar-refractivity contribution in [3.63, 3.8) is 0 Å². The highest BCUT2D eigenvalue weighted by molar-refractivity contribution is 9.10. The Bertz CT molecular complexity index is 885. The molecule has 0 spiro atoms. The second-order valence-corrected chi connectivity index (χ2v) is 7.22. The van der Waals surface area contributed by atoms with E-state index in [1.807, 2.05) is 6.08 Å². The third kappa shape index (κ3) is 4.42. The van der Waals surface area contributed by atoms with Gasteiger partial charge in [0.15, 0.2) is 0 Å². The van der Waals surface area contributed by atoms with Crippen molar-refractivity contribution in [3.8, 4) is 0 Å². The van der Waals surface area contributed by atoms with Crippen molar-refractivity contribution in [1.29, 1.82) is 0 Å². The van der Waals surface area contributed by atoms with Crippen molar-refractivity contribution in [2.75, 3.05) is 0 Å². The van der Waals surface area contributed by atoms with Gasteiger partial charge < -0.3 is 0 Å². The number of hydrogen-bond donors (Lipinski definition) is 0. The van der Waals surface area contributed by atoms with Gasteiger partial charge in [0.05, 0.1) is 0 Å². The second-order valence-electron chi connectivity index (χ2n) is 6.31. The molecule has 0 aliphatic rings. The molecule has 26 heavy (non-hydrogen) atoms. The Kier molecular flexibility index (Phi) is 6.25. The molecule has 0 aliphatic heterocycles. The number of allylic oxidation sites excluding steroid dienone is 2. The van der Waals surface area contributed by atoms with Gasteiger partial charge in [0.1, 0.15) is 0 Å². The van der Waals surface area contributed by atoms with Crippen LogP contribution in [0.3, 0.4) is 0 Å². The highest BCUT2D eigenvalue weighted by Gasteiger charge is 2.11. The van der Waals surface area contributed by atoms with Crippen LogP contribution in [0.1, 0.15) is 35.6 Å². The van der Waals surface area contributed by atoms with Crippen LogP contribution in [0.5, 0.6) is 0 Å². The highest BCUT2D eigenvalue weighted by atomic mass is 79.9. The summed E-state index contributed by atoms with van der Waals surface area (Å²) in [6.07, 6.45) is 3.80. The molecule has 0 atom stereocenters. The van der Waals surface area contributed by atoms with Crippen LogP contribution in [0.15, 0.2) is 89.9 Å². The van der Waals surface area contributed by atoms with Gasteiger partial charge in [-0.1, -0.05) is 102 Å². The van der Waals surface area contributed by atoms with E-state index in [-0.39, 0.29) is 0 Å². The van der Waals surface area contributed by atoms with Gasteiger partial charge in [-0.15, -0.1) is 0 Å². The van der Waals surface area contributed by atoms with Crippen LogP contribution >= 0.6 is 15.9 Å². The summed E-state index contributed by atoms with van der Waals surface area (Å²) in [5.74, 6) is 0. The van der Waals surface area contributed by atoms with E-state index in [0.29, 0.717) is 0 Å². The second kappa shape index (κ2) is 8.82. The molecule has 0 fully saturated rings. The average molecular weight is 403 g/mol. The maximum absolute atomic E-state index is 3.86. The van der Waals surface area contributed by atoms with E-state index in [2.05, 4.69) is 108 Å². The molecule has 3 rings (SSSR count). The quantitative estimate of drug-likeness (QED) is 0.371. The Morgan fingerprint density at radius 2 is 1.42 bits per heavy atom. The Morgan fingerprint density at radius 1 is 0.808 bits per heavy atom. The Labute approximate surface area is 165 Å². The van der Waals surface area contributed by atoms with Crippen LogP contribution < -0.4 is 0 Å². The van der Waals surface area contributed by atoms with E-state index in [0.717, 1.165) is 22.9 Å². The number of benzene rings is 3. The molecular weight excluding hydrogens is 380 g/mol. The van der Waals surface area contributed by atoms with Crippen LogP contribution in [-0.2, 0) is 6.42 Å². The minimum atomic E-state index is 0.915. The third-order valence-electron chi connectivity index (χ3n) is 4.63. The van der Waals surface area contributed by atoms with E-state index in [9.17, 15) is 0 Å². The lowest BCUT2D eigenvalue weighted by atomic mass is 9.88. The molecule has 0 aliphatic carbocycles. The van der Waals surface area contributed by atoms with Gasteiger partial charge in [-0.2, -0.15) is 0 Å². The van der Waals surface area contributed by atoms with E-state index < -0.39 is 0 Å². The van der Waals surface area contributed by atoms with Crippen LogP contribution in [0.25, 0.3) is 17.2 Å². The SMILES string of the molecule is C=Cc1ccc(/C(Cc2ccc(Br)cc2)=C(/CC)c2ccccc2)cc1. The van der Waals surface area contributed by atoms with Crippen molar-refractivity contribution in [2.24, 2.45) is 0 Å². The summed E-state index contributed by atoms with van der Waals surface area (Å²) in [6, 6.07) is 28.0. The minimum Gasteiger partial charge on any atom is -0.0985 e. The van der Waals surface area contributed by atoms with Crippen LogP contribution in [0.2, 0.25) is 0 Å². The van der Waals surface area contributed by atoms with E-state index >= 15 is 0 Å². The first-order chi connectivity index (χ1) is 12.7. The lowest BCUT2D eigenvalue weighted by Gasteiger charge is -2.16. The smallest absolute Gasteiger partial charge is 0.0175 e. The highest BCUT2D eigenvalue weighted by Crippen LogP contribution is 2.32. The lowest BCUT2D eigenvalue weighted by molar-refractivity contribution is 1.20. The molecule has 0 heterocycles. The zero-order valence-electron chi connectivity index (χ0n) is 15.1. The Morgan fingerprint density at radius 3 is 2.00 bits per heavy atom. The number of rotatable bonds is 6. The summed E-state index contributed by atoms with van der Waals surface area (Å²) in [5.41, 5.74) is 7.83. The van der Waals surface area contributed by atoms with Gasteiger partial charge in [-0.3, -0.25) is 0 Å². The summed E-state index contributed by atoms with van der Waals surface area (Å²) in [4.78, 5) is 0. The van der Waals surface area contributed by atoms with Crippen LogP contribution in [-0.4, -0.2) is 0 Å². The third-order valence-corrected chi connectivity index (χ3v) is 5.16. The first-order valence-corrected chi connectivity index (χ1v) is 9.75. The molecule has 3 aromatic carbocycles. The maximum Gasteiger partial charge on any atom is 0.0175 e. The topological polar surface area (TPSA) is 0 Å². The van der Waals surface area contributed by atoms with Crippen LogP contribution in [0, 0.1) is 0 Å². The molecule has 0 bridgehead atoms. The predicted molar refractivity (Wildman–Crippen MR) is 118 cm³/mol. The van der Waals surface area contributed by atoms with Crippen molar-refractivity contribution in [3.05, 3.63) is 112 Å². The summed E-state index contributed by atoms with van der Waals surface area (Å²) in [6.45, 7) is 6.10. The molecule has 0 N–H and O–H groups in total. The number of halogens is 1. The largest absolute Gasteiger partial charge is 0.0985 e. The summed E-state index contributed by atoms with van der Waals surface area (Å²) in [5, 5.41) is 0. The molecule has 0 nitrogen and oxygen atoms in total. The molecule has 0 saturated heterocycles. The summed E-state index contributed by atoms with van der Waals surface area (Å²) < 4.78 is 1.11. The lowest BCUT2D eigenvalue weighted by Crippen LogP contribution is -1.97. The van der Waals surface area contributed by atoms with Gasteiger partial charge in [-0.05, 0) is 58.4 Å². The van der Waals surface area contributed by atoms with Gasteiger partial charge in [0, 0.05) is 4.47 Å². The summed E-state index contributed by atoms with van der Waals surface area (Å²) >= 11 is 3.53. The molecular formula is C25H23Br. The minimum absolute atomic E-state index is 0.915. The monoisotopic (exact) mass is 402 g/mol. The van der Waals surface area contributed by atoms with Gasteiger partial charge in [0.2, 0.25) is 0 Å². The molecule has 0 saturated carbocycles. The molecule has 3 aromatic rings. The average Bonchev–Trinajstić information content (AvgIpc) is 2.70. The zero-order chi connectivity index (χ0) is 18.4. The number of hydrogen-bond acceptors (Lipinski definition) is 0. The fraction of sp³-hybridized carbons (Fsp3) is 0.120. The van der Waals surface area contributed by atoms with E-state index in [1.165, 1.54) is 27.8 Å². The van der Waals surface area contributed by atoms with E-state index in [1.54, 1.807) is 0 Å². The fourth-order valence-electron chi connectivity index (χ4n) is 3.24. The van der Waals surface area contributed by atoms with Crippen molar-refractivity contribution >= 4 is 33.2 Å². The fourth-order valence-corrected chi connectivity index (χ4v) is 3.51. The van der Waals surface area contributed by atoms with Crippen LogP contribution in [0.4, 0.5) is 0 Å². The Hall–Kier alpha value is -2.38. The first kappa shape index (κ1) is 18.4. The van der Waals surface area contributed by atoms with E-state index in [4.69, 9.17) is 0 Å². The molecule has 0 unspecified atom stereocenters. The van der Waals surface area contributed by atoms with Gasteiger partial charge in [0.25, 0.3) is 0 Å². The zero-order valence-corrected chi connectivity index (χ0v) is 16.7. The molecule has 1 heteroatoms. The standard InChI is InChI=1S/C25H23Br/c1-3-19-10-14-22(15-11-19)25(18-20-12-16-23(26)17-13-20)24(4-2)21-8-6-5-7-9-21/h3,5-17H,1,4,18H2,2H3/b25-24-. The van der Waals surface area contributed by atoms with Gasteiger partial charge >= 0.3 is 0 Å². The maximum atomic E-state index is 3.86. The molecule has 0 aromatic heterocycles. The summed E-state index contributed by atoms with van der Waals surface area (Å²) in [7, 11) is 0. The van der Waals surface area contributed by atoms with Crippen molar-refractivity contribution in [1.82, 2.24) is 0 Å². The van der Waals surface area contributed by atoms with Crippen molar-refractivity contribution in [2.45, 2.75) is 19.8 Å². The molecule has 130 valence electrons. The van der Waals surface area contributed by atoms with Crippen molar-refractivity contribution < 1.29 is 0 Å². The molecule has 0 radical (unpaired) electrons. The predicted octanol–water partition coefficient (Wildman–Crippen LogP) is 7.66. The first-order valence-electron chi connectivity index (χ1n) is 8.96. The Balaban J connectivity index is 2.11.